The number of rotatable bonds is 7. The van der Waals surface area contributed by atoms with Crippen molar-refractivity contribution < 1.29 is 9.59 Å². The maximum absolute atomic E-state index is 12.9. The molecule has 1 fully saturated rings. The number of anilines is 1. The molecule has 1 aromatic carbocycles. The van der Waals surface area contributed by atoms with Crippen LogP contribution in [0.3, 0.4) is 0 Å². The summed E-state index contributed by atoms with van der Waals surface area (Å²) in [5, 5.41) is 2.79. The molecule has 1 unspecified atom stereocenters. The Hall–Kier alpha value is -2.87. The molecule has 156 valence electrons. The van der Waals surface area contributed by atoms with Gasteiger partial charge >= 0.3 is 0 Å². The third-order valence-electron chi connectivity index (χ3n) is 5.42. The van der Waals surface area contributed by atoms with Crippen LogP contribution in [0.2, 0.25) is 0 Å². The third-order valence-corrected chi connectivity index (χ3v) is 5.42. The number of hydrogen-bond acceptors (Lipinski definition) is 4. The zero-order valence-corrected chi connectivity index (χ0v) is 17.5. The molecule has 8 heteroatoms. The van der Waals surface area contributed by atoms with E-state index in [-0.39, 0.29) is 29.5 Å². The van der Waals surface area contributed by atoms with Gasteiger partial charge in [0.2, 0.25) is 11.8 Å². The van der Waals surface area contributed by atoms with Crippen LogP contribution in [0, 0.1) is 12.8 Å². The van der Waals surface area contributed by atoms with Gasteiger partial charge in [0.25, 0.3) is 5.56 Å². The summed E-state index contributed by atoms with van der Waals surface area (Å²) < 4.78 is 3.25. The summed E-state index contributed by atoms with van der Waals surface area (Å²) in [6.07, 6.45) is 1.05. The molecule has 0 saturated carbocycles. The van der Waals surface area contributed by atoms with Gasteiger partial charge in [0.1, 0.15) is 5.69 Å². The van der Waals surface area contributed by atoms with E-state index in [0.29, 0.717) is 18.8 Å². The summed E-state index contributed by atoms with van der Waals surface area (Å²) in [7, 11) is 5.77. The Morgan fingerprint density at radius 3 is 2.55 bits per heavy atom. The molecule has 1 atom stereocenters. The highest BCUT2D eigenvalue weighted by Gasteiger charge is 2.34. The quantitative estimate of drug-likeness (QED) is 0.759. The monoisotopic (exact) mass is 399 g/mol. The molecule has 0 aliphatic carbocycles. The van der Waals surface area contributed by atoms with Crippen LogP contribution in [0.25, 0.3) is 5.69 Å². The number of hydrogen-bond donors (Lipinski definition) is 1. The van der Waals surface area contributed by atoms with E-state index in [1.165, 1.54) is 4.68 Å². The van der Waals surface area contributed by atoms with Gasteiger partial charge in [-0.15, -0.1) is 0 Å². The largest absolute Gasteiger partial charge is 0.342 e. The highest BCUT2D eigenvalue weighted by Crippen LogP contribution is 2.21. The van der Waals surface area contributed by atoms with Crippen molar-refractivity contribution in [3.8, 4) is 5.69 Å². The number of aromatic nitrogens is 2. The minimum atomic E-state index is -0.439. The molecule has 8 nitrogen and oxygen atoms in total. The Morgan fingerprint density at radius 1 is 1.21 bits per heavy atom. The Bertz CT molecular complexity index is 945. The fraction of sp³-hybridized carbons (Fsp3) is 0.476. The third kappa shape index (κ3) is 4.42. The van der Waals surface area contributed by atoms with Crippen molar-refractivity contribution in [2.24, 2.45) is 13.0 Å². The maximum atomic E-state index is 12.9. The van der Waals surface area contributed by atoms with Crippen molar-refractivity contribution in [1.82, 2.24) is 19.2 Å². The lowest BCUT2D eigenvalue weighted by Gasteiger charge is -2.18. The highest BCUT2D eigenvalue weighted by atomic mass is 16.2. The lowest BCUT2D eigenvalue weighted by atomic mass is 10.1. The number of nitrogens with zero attached hydrogens (tertiary/aromatic N) is 4. The zero-order chi connectivity index (χ0) is 21.1. The standard InChI is InChI=1S/C21H29N5O3/c1-15-19(21(29)26(24(15)4)17-9-6-5-7-10-17)22-20(28)16-13-18(27)25(14-16)12-8-11-23(2)3/h5-7,9-10,16H,8,11-14H2,1-4H3,(H,22,28). The first-order chi connectivity index (χ1) is 13.8. The van der Waals surface area contributed by atoms with Gasteiger partial charge in [0, 0.05) is 26.6 Å². The second-order valence-electron chi connectivity index (χ2n) is 7.82. The Morgan fingerprint density at radius 2 is 1.90 bits per heavy atom. The van der Waals surface area contributed by atoms with Crippen molar-refractivity contribution in [1.29, 1.82) is 0 Å². The van der Waals surface area contributed by atoms with Crippen molar-refractivity contribution in [3.05, 3.63) is 46.4 Å². The van der Waals surface area contributed by atoms with E-state index in [2.05, 4.69) is 10.2 Å². The molecule has 2 heterocycles. The van der Waals surface area contributed by atoms with E-state index in [4.69, 9.17) is 0 Å². The number of likely N-dealkylation sites (tertiary alicyclic amines) is 1. The van der Waals surface area contributed by atoms with E-state index in [1.807, 2.05) is 44.4 Å². The predicted octanol–water partition coefficient (Wildman–Crippen LogP) is 1.22. The molecular formula is C21H29N5O3. The molecule has 1 aromatic heterocycles. The SMILES string of the molecule is Cc1c(NC(=O)C2CC(=O)N(CCCN(C)C)C2)c(=O)n(-c2ccccc2)n1C. The fourth-order valence-corrected chi connectivity index (χ4v) is 3.68. The van der Waals surface area contributed by atoms with Gasteiger partial charge in [-0.2, -0.15) is 0 Å². The van der Waals surface area contributed by atoms with E-state index in [0.717, 1.165) is 18.7 Å². The first kappa shape index (κ1) is 20.9. The highest BCUT2D eigenvalue weighted by molar-refractivity contribution is 5.97. The summed E-state index contributed by atoms with van der Waals surface area (Å²) in [5.41, 5.74) is 1.38. The predicted molar refractivity (Wildman–Crippen MR) is 112 cm³/mol. The van der Waals surface area contributed by atoms with Gasteiger partial charge in [0.05, 0.1) is 17.3 Å². The number of para-hydroxylation sites is 1. The van der Waals surface area contributed by atoms with Crippen LogP contribution in [0.5, 0.6) is 0 Å². The normalized spacial score (nSPS) is 16.7. The number of carbonyl (C=O) groups excluding carboxylic acids is 2. The Kier molecular flexibility index (Phi) is 6.22. The van der Waals surface area contributed by atoms with Crippen LogP contribution in [0.15, 0.2) is 35.1 Å². The van der Waals surface area contributed by atoms with Crippen LogP contribution < -0.4 is 10.9 Å². The molecule has 29 heavy (non-hydrogen) atoms. The maximum Gasteiger partial charge on any atom is 0.295 e. The topological polar surface area (TPSA) is 79.6 Å². The van der Waals surface area contributed by atoms with E-state index in [9.17, 15) is 14.4 Å². The minimum Gasteiger partial charge on any atom is -0.342 e. The first-order valence-corrected chi connectivity index (χ1v) is 9.87. The molecule has 1 N–H and O–H groups in total. The van der Waals surface area contributed by atoms with Crippen molar-refractivity contribution in [2.45, 2.75) is 19.8 Å². The molecule has 3 rings (SSSR count). The minimum absolute atomic E-state index is 0.00427. The smallest absolute Gasteiger partial charge is 0.295 e. The lowest BCUT2D eigenvalue weighted by molar-refractivity contribution is -0.128. The molecule has 1 aliphatic rings. The van der Waals surface area contributed by atoms with Gasteiger partial charge in [0.15, 0.2) is 0 Å². The molecular weight excluding hydrogens is 370 g/mol. The molecule has 2 amide bonds. The molecule has 1 saturated heterocycles. The first-order valence-electron chi connectivity index (χ1n) is 9.87. The summed E-state index contributed by atoms with van der Waals surface area (Å²) >= 11 is 0. The van der Waals surface area contributed by atoms with Gasteiger partial charge in [-0.05, 0) is 46.1 Å². The Balaban J connectivity index is 1.72. The summed E-state index contributed by atoms with van der Waals surface area (Å²) in [6.45, 7) is 3.73. The van der Waals surface area contributed by atoms with Gasteiger partial charge in [-0.25, -0.2) is 4.68 Å². The average molecular weight is 399 g/mol. The van der Waals surface area contributed by atoms with Crippen molar-refractivity contribution >= 4 is 17.5 Å². The number of carbonyl (C=O) groups is 2. The number of benzene rings is 1. The fourth-order valence-electron chi connectivity index (χ4n) is 3.68. The second-order valence-corrected chi connectivity index (χ2v) is 7.82. The summed E-state index contributed by atoms with van der Waals surface area (Å²) in [4.78, 5) is 41.8. The van der Waals surface area contributed by atoms with Gasteiger partial charge in [-0.1, -0.05) is 18.2 Å². The van der Waals surface area contributed by atoms with Gasteiger partial charge in [-0.3, -0.25) is 19.1 Å². The summed E-state index contributed by atoms with van der Waals surface area (Å²) in [5.74, 6) is -0.721. The van der Waals surface area contributed by atoms with Crippen LogP contribution in [0.4, 0.5) is 5.69 Å². The lowest BCUT2D eigenvalue weighted by Crippen LogP contribution is -2.31. The average Bonchev–Trinajstić information content (AvgIpc) is 3.15. The van der Waals surface area contributed by atoms with Crippen LogP contribution in [0.1, 0.15) is 18.5 Å². The van der Waals surface area contributed by atoms with E-state index < -0.39 is 5.92 Å². The van der Waals surface area contributed by atoms with Crippen LogP contribution in [-0.4, -0.2) is 64.7 Å². The van der Waals surface area contributed by atoms with E-state index in [1.54, 1.807) is 23.6 Å². The van der Waals surface area contributed by atoms with Crippen LogP contribution in [-0.2, 0) is 16.6 Å². The number of amides is 2. The number of nitrogens with one attached hydrogen (secondary N) is 1. The van der Waals surface area contributed by atoms with Crippen molar-refractivity contribution in [3.63, 3.8) is 0 Å². The zero-order valence-electron chi connectivity index (χ0n) is 17.5. The molecule has 0 spiro atoms. The van der Waals surface area contributed by atoms with E-state index >= 15 is 0 Å². The Labute approximate surface area is 170 Å². The van der Waals surface area contributed by atoms with Gasteiger partial charge < -0.3 is 15.1 Å². The molecule has 0 bridgehead atoms. The molecule has 1 aliphatic heterocycles. The molecule has 2 aromatic rings. The second kappa shape index (κ2) is 8.65. The van der Waals surface area contributed by atoms with Crippen molar-refractivity contribution in [2.75, 3.05) is 39.0 Å². The van der Waals surface area contributed by atoms with Crippen LogP contribution >= 0.6 is 0 Å². The summed E-state index contributed by atoms with van der Waals surface area (Å²) in [6, 6.07) is 9.28. The molecule has 0 radical (unpaired) electrons.